The van der Waals surface area contributed by atoms with E-state index in [1.165, 1.54) is 23.5 Å². The van der Waals surface area contributed by atoms with Gasteiger partial charge in [-0.1, -0.05) is 6.07 Å². The van der Waals surface area contributed by atoms with Gasteiger partial charge in [0, 0.05) is 20.1 Å². The molecule has 2 aromatic rings. The van der Waals surface area contributed by atoms with Crippen LogP contribution in [0.1, 0.15) is 6.92 Å². The number of halogens is 1. The Balaban J connectivity index is 1.80. The molecule has 0 spiro atoms. The van der Waals surface area contributed by atoms with E-state index in [1.807, 2.05) is 18.9 Å². The molecule has 2 rings (SSSR count). The van der Waals surface area contributed by atoms with Gasteiger partial charge >= 0.3 is 0 Å². The maximum absolute atomic E-state index is 12.9. The van der Waals surface area contributed by atoms with Crippen molar-refractivity contribution in [1.82, 2.24) is 14.9 Å². The van der Waals surface area contributed by atoms with E-state index in [0.29, 0.717) is 42.2 Å². The molecule has 1 aromatic carbocycles. The van der Waals surface area contributed by atoms with Crippen LogP contribution < -0.4 is 14.8 Å². The SMILES string of the molecule is CCNC(=NCCNS(=O)(=O)c1cccs1)N(C)CCOc1ccc(F)cc1. The third-order valence-corrected chi connectivity index (χ3v) is 6.49. The van der Waals surface area contributed by atoms with Crippen molar-refractivity contribution in [3.05, 3.63) is 47.6 Å². The zero-order chi connectivity index (χ0) is 20.4. The van der Waals surface area contributed by atoms with Gasteiger partial charge in [0.15, 0.2) is 5.96 Å². The summed E-state index contributed by atoms with van der Waals surface area (Å²) in [7, 11) is -1.61. The van der Waals surface area contributed by atoms with Crippen molar-refractivity contribution in [3.8, 4) is 5.75 Å². The molecular weight excluding hydrogens is 403 g/mol. The monoisotopic (exact) mass is 428 g/mol. The highest BCUT2D eigenvalue weighted by Crippen LogP contribution is 2.14. The number of benzene rings is 1. The maximum atomic E-state index is 12.9. The van der Waals surface area contributed by atoms with Gasteiger partial charge in [-0.3, -0.25) is 4.99 Å². The lowest BCUT2D eigenvalue weighted by molar-refractivity contribution is 0.281. The first-order valence-electron chi connectivity index (χ1n) is 8.83. The number of likely N-dealkylation sites (N-methyl/N-ethyl adjacent to an activating group) is 1. The number of guanidine groups is 1. The zero-order valence-electron chi connectivity index (χ0n) is 15.9. The standard InChI is InChI=1S/C18H25FN4O3S2/c1-3-20-18(21-10-11-22-28(24,25)17-5-4-14-27-17)23(2)12-13-26-16-8-6-15(19)7-9-16/h4-9,14,22H,3,10-13H2,1-2H3,(H,20,21). The minimum absolute atomic E-state index is 0.203. The topological polar surface area (TPSA) is 83.0 Å². The first-order chi connectivity index (χ1) is 13.4. The second kappa shape index (κ2) is 11.0. The van der Waals surface area contributed by atoms with Crippen LogP contribution in [0.5, 0.6) is 5.75 Å². The first kappa shape index (κ1) is 22.1. The summed E-state index contributed by atoms with van der Waals surface area (Å²) in [6.45, 7) is 4.10. The average molecular weight is 429 g/mol. The van der Waals surface area contributed by atoms with E-state index in [9.17, 15) is 12.8 Å². The highest BCUT2D eigenvalue weighted by atomic mass is 32.2. The van der Waals surface area contributed by atoms with Crippen LogP contribution in [0.3, 0.4) is 0 Å². The molecular formula is C18H25FN4O3S2. The van der Waals surface area contributed by atoms with Gasteiger partial charge in [-0.05, 0) is 42.6 Å². The van der Waals surface area contributed by atoms with Crippen LogP contribution in [0.2, 0.25) is 0 Å². The zero-order valence-corrected chi connectivity index (χ0v) is 17.5. The van der Waals surface area contributed by atoms with Crippen LogP contribution in [-0.4, -0.2) is 59.1 Å². The van der Waals surface area contributed by atoms with Crippen molar-refractivity contribution in [2.45, 2.75) is 11.1 Å². The minimum atomic E-state index is -3.48. The van der Waals surface area contributed by atoms with Gasteiger partial charge in [-0.25, -0.2) is 17.5 Å². The predicted octanol–water partition coefficient (Wildman–Crippen LogP) is 2.14. The van der Waals surface area contributed by atoms with Gasteiger partial charge in [0.1, 0.15) is 22.4 Å². The molecule has 0 bridgehead atoms. The molecule has 10 heteroatoms. The molecule has 0 atom stereocenters. The smallest absolute Gasteiger partial charge is 0.250 e. The number of hydrogen-bond donors (Lipinski definition) is 2. The highest BCUT2D eigenvalue weighted by molar-refractivity contribution is 7.91. The minimum Gasteiger partial charge on any atom is -0.492 e. The molecule has 0 amide bonds. The molecule has 0 saturated heterocycles. The van der Waals surface area contributed by atoms with Crippen LogP contribution in [0, 0.1) is 5.82 Å². The lowest BCUT2D eigenvalue weighted by atomic mass is 10.3. The summed E-state index contributed by atoms with van der Waals surface area (Å²) < 4.78 is 45.5. The van der Waals surface area contributed by atoms with Gasteiger partial charge < -0.3 is 15.0 Å². The number of sulfonamides is 1. The van der Waals surface area contributed by atoms with Crippen molar-refractivity contribution in [1.29, 1.82) is 0 Å². The molecule has 0 aliphatic carbocycles. The summed E-state index contributed by atoms with van der Waals surface area (Å²) in [6.07, 6.45) is 0. The fourth-order valence-electron chi connectivity index (χ4n) is 2.24. The van der Waals surface area contributed by atoms with E-state index in [-0.39, 0.29) is 12.4 Å². The van der Waals surface area contributed by atoms with E-state index < -0.39 is 10.0 Å². The van der Waals surface area contributed by atoms with Gasteiger partial charge in [0.05, 0.1) is 13.1 Å². The lowest BCUT2D eigenvalue weighted by Gasteiger charge is -2.22. The number of nitrogens with zero attached hydrogens (tertiary/aromatic N) is 2. The molecule has 0 aliphatic rings. The van der Waals surface area contributed by atoms with E-state index in [0.717, 1.165) is 0 Å². The molecule has 0 aliphatic heterocycles. The van der Waals surface area contributed by atoms with E-state index >= 15 is 0 Å². The number of nitrogens with one attached hydrogen (secondary N) is 2. The van der Waals surface area contributed by atoms with Crippen LogP contribution in [0.25, 0.3) is 0 Å². The fraction of sp³-hybridized carbons (Fsp3) is 0.389. The van der Waals surface area contributed by atoms with E-state index in [1.54, 1.807) is 29.6 Å². The second-order valence-corrected chi connectivity index (χ2v) is 8.73. The van der Waals surface area contributed by atoms with Gasteiger partial charge in [0.25, 0.3) is 0 Å². The number of thiophene rings is 1. The summed E-state index contributed by atoms with van der Waals surface area (Å²) in [5.74, 6) is 0.945. The summed E-state index contributed by atoms with van der Waals surface area (Å²) in [5.41, 5.74) is 0. The quantitative estimate of drug-likeness (QED) is 0.344. The summed E-state index contributed by atoms with van der Waals surface area (Å²) in [6, 6.07) is 9.12. The predicted molar refractivity (Wildman–Crippen MR) is 110 cm³/mol. The maximum Gasteiger partial charge on any atom is 0.250 e. The summed E-state index contributed by atoms with van der Waals surface area (Å²) >= 11 is 1.17. The molecule has 0 saturated carbocycles. The van der Waals surface area contributed by atoms with Crippen molar-refractivity contribution >= 4 is 27.3 Å². The van der Waals surface area contributed by atoms with Crippen molar-refractivity contribution < 1.29 is 17.5 Å². The molecule has 2 N–H and O–H groups in total. The first-order valence-corrected chi connectivity index (χ1v) is 11.2. The van der Waals surface area contributed by atoms with Crippen molar-refractivity contribution in [2.75, 3.05) is 39.8 Å². The Morgan fingerprint density at radius 3 is 2.68 bits per heavy atom. The Labute approximate surface area is 169 Å². The number of aliphatic imine (C=N–C) groups is 1. The molecule has 1 heterocycles. The molecule has 0 fully saturated rings. The Bertz CT molecular complexity index is 840. The third-order valence-electron chi connectivity index (χ3n) is 3.63. The Hall–Kier alpha value is -2.17. The lowest BCUT2D eigenvalue weighted by Crippen LogP contribution is -2.41. The average Bonchev–Trinajstić information content (AvgIpc) is 3.21. The Morgan fingerprint density at radius 2 is 2.04 bits per heavy atom. The molecule has 7 nitrogen and oxygen atoms in total. The van der Waals surface area contributed by atoms with Crippen molar-refractivity contribution in [3.63, 3.8) is 0 Å². The van der Waals surface area contributed by atoms with Gasteiger partial charge in [-0.15, -0.1) is 11.3 Å². The molecule has 1 aromatic heterocycles. The normalized spacial score (nSPS) is 12.0. The summed E-state index contributed by atoms with van der Waals surface area (Å²) in [4.78, 5) is 6.33. The molecule has 154 valence electrons. The number of hydrogen-bond acceptors (Lipinski definition) is 5. The van der Waals surface area contributed by atoms with E-state index in [2.05, 4.69) is 15.0 Å². The Morgan fingerprint density at radius 1 is 1.29 bits per heavy atom. The largest absolute Gasteiger partial charge is 0.492 e. The third kappa shape index (κ3) is 7.10. The van der Waals surface area contributed by atoms with Gasteiger partial charge in [-0.2, -0.15) is 0 Å². The van der Waals surface area contributed by atoms with Crippen molar-refractivity contribution in [2.24, 2.45) is 4.99 Å². The fourth-order valence-corrected chi connectivity index (χ4v) is 4.29. The molecule has 0 radical (unpaired) electrons. The molecule has 0 unspecified atom stereocenters. The van der Waals surface area contributed by atoms with Crippen LogP contribution in [0.15, 0.2) is 51.0 Å². The van der Waals surface area contributed by atoms with Gasteiger partial charge in [0.2, 0.25) is 10.0 Å². The van der Waals surface area contributed by atoms with Crippen LogP contribution >= 0.6 is 11.3 Å². The van der Waals surface area contributed by atoms with Crippen LogP contribution in [-0.2, 0) is 10.0 Å². The highest BCUT2D eigenvalue weighted by Gasteiger charge is 2.14. The summed E-state index contributed by atoms with van der Waals surface area (Å²) in [5, 5.41) is 4.88. The van der Waals surface area contributed by atoms with Crippen LogP contribution in [0.4, 0.5) is 4.39 Å². The second-order valence-electron chi connectivity index (χ2n) is 5.79. The number of ether oxygens (including phenoxy) is 1. The van der Waals surface area contributed by atoms with E-state index in [4.69, 9.17) is 4.74 Å². The molecule has 28 heavy (non-hydrogen) atoms. The Kier molecular flexibility index (Phi) is 8.68. The number of rotatable bonds is 10.